The first-order chi connectivity index (χ1) is 8.36. The van der Waals surface area contributed by atoms with Gasteiger partial charge in [-0.2, -0.15) is 11.8 Å². The fourth-order valence-electron chi connectivity index (χ4n) is 1.95. The molecule has 1 aromatic rings. The lowest BCUT2D eigenvalue weighted by atomic mass is 10.1. The zero-order chi connectivity index (χ0) is 11.9. The molecular formula is C14H18OS2. The highest BCUT2D eigenvalue weighted by atomic mass is 32.2. The summed E-state index contributed by atoms with van der Waals surface area (Å²) >= 11 is 3.77. The van der Waals surface area contributed by atoms with Gasteiger partial charge in [-0.15, -0.1) is 11.8 Å². The molecule has 17 heavy (non-hydrogen) atoms. The molecule has 1 heterocycles. The van der Waals surface area contributed by atoms with Crippen molar-refractivity contribution in [2.75, 3.05) is 17.3 Å². The van der Waals surface area contributed by atoms with Crippen LogP contribution in [0.15, 0.2) is 30.3 Å². The summed E-state index contributed by atoms with van der Waals surface area (Å²) in [7, 11) is 0. The van der Waals surface area contributed by atoms with Crippen LogP contribution in [0.4, 0.5) is 0 Å². The van der Waals surface area contributed by atoms with Gasteiger partial charge < -0.3 is 0 Å². The minimum Gasteiger partial charge on any atom is -0.298 e. The summed E-state index contributed by atoms with van der Waals surface area (Å²) in [6, 6.07) is 10.4. The number of carbonyl (C=O) groups excluding carboxylic acids is 1. The second kappa shape index (κ2) is 7.12. The number of Topliss-reactive ketones (excluding diaryl/α,β-unsaturated/α-hetero) is 1. The van der Waals surface area contributed by atoms with E-state index in [-0.39, 0.29) is 5.25 Å². The van der Waals surface area contributed by atoms with Crippen molar-refractivity contribution < 1.29 is 4.79 Å². The zero-order valence-corrected chi connectivity index (χ0v) is 11.6. The summed E-state index contributed by atoms with van der Waals surface area (Å²) in [6.45, 7) is 0. The first kappa shape index (κ1) is 13.0. The molecule has 2 rings (SSSR count). The maximum atomic E-state index is 12.0. The van der Waals surface area contributed by atoms with Crippen LogP contribution in [0.25, 0.3) is 0 Å². The Morgan fingerprint density at radius 1 is 1.24 bits per heavy atom. The lowest BCUT2D eigenvalue weighted by Gasteiger charge is -2.19. The Balaban J connectivity index is 1.69. The Labute approximate surface area is 112 Å². The van der Waals surface area contributed by atoms with Crippen LogP contribution in [0, 0.1) is 0 Å². The standard InChI is InChI=1S/C14H18OS2/c15-13(14-11-16-9-10-17-14)8-4-7-12-5-2-1-3-6-12/h1-3,5-6,14H,4,7-11H2. The highest BCUT2D eigenvalue weighted by molar-refractivity contribution is 8.07. The van der Waals surface area contributed by atoms with Crippen molar-refractivity contribution >= 4 is 29.3 Å². The predicted octanol–water partition coefficient (Wildman–Crippen LogP) is 3.43. The van der Waals surface area contributed by atoms with Crippen LogP contribution in [0.1, 0.15) is 18.4 Å². The molecule has 0 N–H and O–H groups in total. The minimum absolute atomic E-state index is 0.268. The minimum atomic E-state index is 0.268. The Morgan fingerprint density at radius 3 is 2.76 bits per heavy atom. The Kier molecular flexibility index (Phi) is 5.46. The zero-order valence-electron chi connectivity index (χ0n) is 9.93. The van der Waals surface area contributed by atoms with Gasteiger partial charge in [0, 0.05) is 23.7 Å². The quantitative estimate of drug-likeness (QED) is 0.813. The van der Waals surface area contributed by atoms with E-state index in [4.69, 9.17) is 0 Å². The van der Waals surface area contributed by atoms with Gasteiger partial charge in [0.1, 0.15) is 5.78 Å². The number of ketones is 1. The maximum Gasteiger partial charge on any atom is 0.146 e. The van der Waals surface area contributed by atoms with Gasteiger partial charge in [0.2, 0.25) is 0 Å². The normalized spacial score (nSPS) is 20.1. The SMILES string of the molecule is O=C(CCCc1ccccc1)C1CSCCS1. The molecule has 1 saturated heterocycles. The second-order valence-electron chi connectivity index (χ2n) is 4.24. The van der Waals surface area contributed by atoms with Gasteiger partial charge in [0.05, 0.1) is 5.25 Å². The number of benzene rings is 1. The van der Waals surface area contributed by atoms with Gasteiger partial charge in [-0.25, -0.2) is 0 Å². The number of aryl methyl sites for hydroxylation is 1. The fourth-order valence-corrected chi connectivity index (χ4v) is 4.63. The molecule has 0 amide bonds. The average molecular weight is 266 g/mol. The molecule has 0 spiro atoms. The van der Waals surface area contributed by atoms with E-state index >= 15 is 0 Å². The summed E-state index contributed by atoms with van der Waals surface area (Å²) in [5, 5.41) is 0.268. The van der Waals surface area contributed by atoms with Gasteiger partial charge >= 0.3 is 0 Å². The second-order valence-corrected chi connectivity index (χ2v) is 6.70. The fraction of sp³-hybridized carbons (Fsp3) is 0.500. The van der Waals surface area contributed by atoms with Gasteiger partial charge in [-0.05, 0) is 18.4 Å². The van der Waals surface area contributed by atoms with Crippen molar-refractivity contribution in [1.82, 2.24) is 0 Å². The first-order valence-corrected chi connectivity index (χ1v) is 8.32. The van der Waals surface area contributed by atoms with Crippen molar-refractivity contribution in [2.45, 2.75) is 24.5 Å². The first-order valence-electron chi connectivity index (χ1n) is 6.12. The van der Waals surface area contributed by atoms with Gasteiger partial charge in [-0.3, -0.25) is 4.79 Å². The van der Waals surface area contributed by atoms with E-state index in [2.05, 4.69) is 24.3 Å². The molecule has 1 aliphatic heterocycles. The molecule has 0 radical (unpaired) electrons. The van der Waals surface area contributed by atoms with Crippen molar-refractivity contribution in [3.05, 3.63) is 35.9 Å². The molecular weight excluding hydrogens is 248 g/mol. The van der Waals surface area contributed by atoms with Crippen LogP contribution >= 0.6 is 23.5 Å². The average Bonchev–Trinajstić information content (AvgIpc) is 2.41. The third kappa shape index (κ3) is 4.40. The number of hydrogen-bond acceptors (Lipinski definition) is 3. The molecule has 1 fully saturated rings. The van der Waals surface area contributed by atoms with E-state index in [1.165, 1.54) is 11.3 Å². The van der Waals surface area contributed by atoms with Crippen LogP contribution < -0.4 is 0 Å². The number of rotatable bonds is 5. The van der Waals surface area contributed by atoms with Crippen molar-refractivity contribution in [2.24, 2.45) is 0 Å². The molecule has 0 saturated carbocycles. The third-order valence-corrected chi connectivity index (χ3v) is 5.71. The van der Waals surface area contributed by atoms with Crippen LogP contribution in [0.3, 0.4) is 0 Å². The molecule has 0 aliphatic carbocycles. The molecule has 1 aromatic carbocycles. The maximum absolute atomic E-state index is 12.0. The van der Waals surface area contributed by atoms with E-state index in [0.717, 1.165) is 30.8 Å². The monoisotopic (exact) mass is 266 g/mol. The van der Waals surface area contributed by atoms with E-state index in [1.54, 1.807) is 0 Å². The summed E-state index contributed by atoms with van der Waals surface area (Å²) in [4.78, 5) is 12.0. The molecule has 1 unspecified atom stereocenters. The summed E-state index contributed by atoms with van der Waals surface area (Å²) in [5.41, 5.74) is 1.34. The van der Waals surface area contributed by atoms with Gasteiger partial charge in [-0.1, -0.05) is 30.3 Å². The Hall–Kier alpha value is -0.410. The summed E-state index contributed by atoms with van der Waals surface area (Å²) < 4.78 is 0. The lowest BCUT2D eigenvalue weighted by Crippen LogP contribution is -2.24. The molecule has 3 heteroatoms. The van der Waals surface area contributed by atoms with Crippen molar-refractivity contribution in [1.29, 1.82) is 0 Å². The van der Waals surface area contributed by atoms with Crippen LogP contribution in [-0.4, -0.2) is 28.3 Å². The highest BCUT2D eigenvalue weighted by Gasteiger charge is 2.21. The topological polar surface area (TPSA) is 17.1 Å². The molecule has 1 nitrogen and oxygen atoms in total. The van der Waals surface area contributed by atoms with Gasteiger partial charge in [0.15, 0.2) is 0 Å². The number of hydrogen-bond donors (Lipinski definition) is 0. The summed E-state index contributed by atoms with van der Waals surface area (Å²) in [5.74, 6) is 3.82. The van der Waals surface area contributed by atoms with Gasteiger partial charge in [0.25, 0.3) is 0 Å². The lowest BCUT2D eigenvalue weighted by molar-refractivity contribution is -0.118. The van der Waals surface area contributed by atoms with E-state index in [1.807, 2.05) is 29.6 Å². The van der Waals surface area contributed by atoms with Crippen LogP contribution in [-0.2, 0) is 11.2 Å². The predicted molar refractivity (Wildman–Crippen MR) is 78.0 cm³/mol. The molecule has 1 atom stereocenters. The largest absolute Gasteiger partial charge is 0.298 e. The van der Waals surface area contributed by atoms with Crippen LogP contribution in [0.5, 0.6) is 0 Å². The van der Waals surface area contributed by atoms with Crippen LogP contribution in [0.2, 0.25) is 0 Å². The van der Waals surface area contributed by atoms with E-state index in [0.29, 0.717) is 5.78 Å². The Bertz CT molecular complexity index is 344. The van der Waals surface area contributed by atoms with E-state index < -0.39 is 0 Å². The highest BCUT2D eigenvalue weighted by Crippen LogP contribution is 2.25. The third-order valence-electron chi connectivity index (χ3n) is 2.91. The summed E-state index contributed by atoms with van der Waals surface area (Å²) in [6.07, 6.45) is 2.76. The number of carbonyl (C=O) groups is 1. The molecule has 0 aromatic heterocycles. The van der Waals surface area contributed by atoms with E-state index in [9.17, 15) is 4.79 Å². The smallest absolute Gasteiger partial charge is 0.146 e. The molecule has 0 bridgehead atoms. The van der Waals surface area contributed by atoms with Crippen molar-refractivity contribution in [3.63, 3.8) is 0 Å². The number of thioether (sulfide) groups is 2. The molecule has 92 valence electrons. The van der Waals surface area contributed by atoms with Crippen molar-refractivity contribution in [3.8, 4) is 0 Å². The Morgan fingerprint density at radius 2 is 2.06 bits per heavy atom. The molecule has 1 aliphatic rings.